The van der Waals surface area contributed by atoms with Crippen molar-refractivity contribution in [1.82, 2.24) is 19.7 Å². The van der Waals surface area contributed by atoms with Crippen LogP contribution >= 0.6 is 0 Å². The van der Waals surface area contributed by atoms with Crippen molar-refractivity contribution in [3.63, 3.8) is 0 Å². The Morgan fingerprint density at radius 1 is 1.10 bits per heavy atom. The van der Waals surface area contributed by atoms with Gasteiger partial charge in [-0.1, -0.05) is 36.4 Å². The molecule has 2 aromatic heterocycles. The minimum Gasteiger partial charge on any atom is -0.373 e. The van der Waals surface area contributed by atoms with E-state index in [-0.39, 0.29) is 11.1 Å². The quantitative estimate of drug-likeness (QED) is 0.481. The highest BCUT2D eigenvalue weighted by atomic mass is 16.1. The van der Waals surface area contributed by atoms with Crippen LogP contribution in [0.15, 0.2) is 76.4 Å². The minimum atomic E-state index is -0.494. The van der Waals surface area contributed by atoms with Gasteiger partial charge in [0, 0.05) is 37.3 Å². The molecule has 1 atom stereocenters. The van der Waals surface area contributed by atoms with Crippen molar-refractivity contribution in [3.8, 4) is 0 Å². The molecule has 0 unspecified atom stereocenters. The maximum absolute atomic E-state index is 12.9. The average Bonchev–Trinajstić information content (AvgIpc) is 2.79. The fourth-order valence-corrected chi connectivity index (χ4v) is 3.43. The van der Waals surface area contributed by atoms with Crippen molar-refractivity contribution < 1.29 is 0 Å². The summed E-state index contributed by atoms with van der Waals surface area (Å²) in [5.74, 6) is 0.365. The lowest BCUT2D eigenvalue weighted by Gasteiger charge is -2.19. The molecule has 31 heavy (non-hydrogen) atoms. The zero-order chi connectivity index (χ0) is 21.8. The van der Waals surface area contributed by atoms with Crippen LogP contribution in [-0.4, -0.2) is 39.9 Å². The summed E-state index contributed by atoms with van der Waals surface area (Å²) in [5.41, 5.74) is 1.07. The minimum absolute atomic E-state index is 0.216. The third kappa shape index (κ3) is 4.48. The summed E-state index contributed by atoms with van der Waals surface area (Å²) in [6.07, 6.45) is 1.65. The molecule has 2 N–H and O–H groups in total. The molecule has 4 aromatic rings. The number of nitrogens with zero attached hydrogens (tertiary/aromatic N) is 4. The molecule has 0 radical (unpaired) electrons. The topological polar surface area (TPSA) is 95.9 Å². The van der Waals surface area contributed by atoms with E-state index in [0.717, 1.165) is 17.6 Å². The van der Waals surface area contributed by atoms with Crippen LogP contribution in [-0.2, 0) is 0 Å². The number of hydrogen-bond acceptors (Lipinski definition) is 6. The molecule has 0 fully saturated rings. The van der Waals surface area contributed by atoms with Gasteiger partial charge >= 0.3 is 0 Å². The largest absolute Gasteiger partial charge is 0.373 e. The van der Waals surface area contributed by atoms with Gasteiger partial charge < -0.3 is 10.2 Å². The van der Waals surface area contributed by atoms with Crippen molar-refractivity contribution in [2.45, 2.75) is 13.0 Å². The highest BCUT2D eigenvalue weighted by Crippen LogP contribution is 2.15. The van der Waals surface area contributed by atoms with E-state index in [1.165, 1.54) is 10.7 Å². The molecular weight excluding hydrogens is 392 g/mol. The number of fused-ring (bicyclic) bond motifs is 1. The standard InChI is InChI=1S/C23H24N6O2/c1-16(29-22(31)19-11-7-6-8-17(19)15-25-29)20-14-21(30)27-23(26-20)24-12-13-28(2)18-9-4-3-5-10-18/h3-11,14-16H,12-13H2,1-2H3,(H2,24,26,27,30)/t16-/m0/s1. The van der Waals surface area contributed by atoms with Gasteiger partial charge in [-0.25, -0.2) is 9.67 Å². The van der Waals surface area contributed by atoms with Crippen LogP contribution in [0.25, 0.3) is 10.8 Å². The molecule has 0 aliphatic heterocycles. The summed E-state index contributed by atoms with van der Waals surface area (Å²) in [6.45, 7) is 3.11. The van der Waals surface area contributed by atoms with Crippen LogP contribution in [0.1, 0.15) is 18.7 Å². The number of nitrogens with one attached hydrogen (secondary N) is 2. The molecule has 158 valence electrons. The molecule has 8 heteroatoms. The Morgan fingerprint density at radius 2 is 1.84 bits per heavy atom. The van der Waals surface area contributed by atoms with E-state index in [4.69, 9.17) is 0 Å². The molecule has 0 aliphatic carbocycles. The van der Waals surface area contributed by atoms with Crippen LogP contribution < -0.4 is 21.3 Å². The highest BCUT2D eigenvalue weighted by molar-refractivity contribution is 5.80. The van der Waals surface area contributed by atoms with E-state index in [0.29, 0.717) is 23.6 Å². The van der Waals surface area contributed by atoms with Crippen LogP contribution in [0.2, 0.25) is 0 Å². The average molecular weight is 416 g/mol. The van der Waals surface area contributed by atoms with E-state index >= 15 is 0 Å². The zero-order valence-electron chi connectivity index (χ0n) is 17.4. The summed E-state index contributed by atoms with van der Waals surface area (Å²) in [7, 11) is 2.00. The van der Waals surface area contributed by atoms with Crippen LogP contribution in [0.4, 0.5) is 11.6 Å². The van der Waals surface area contributed by atoms with Gasteiger partial charge in [-0.05, 0) is 25.1 Å². The first-order valence-corrected chi connectivity index (χ1v) is 10.1. The molecule has 0 aliphatic rings. The predicted octanol–water partition coefficient (Wildman–Crippen LogP) is 2.64. The van der Waals surface area contributed by atoms with Crippen molar-refractivity contribution in [2.24, 2.45) is 0 Å². The maximum Gasteiger partial charge on any atom is 0.275 e. The van der Waals surface area contributed by atoms with Gasteiger partial charge in [0.1, 0.15) is 0 Å². The molecule has 0 saturated carbocycles. The molecular formula is C23H24N6O2. The monoisotopic (exact) mass is 416 g/mol. The van der Waals surface area contributed by atoms with Crippen molar-refractivity contribution in [1.29, 1.82) is 0 Å². The molecule has 0 bridgehead atoms. The first-order valence-electron chi connectivity index (χ1n) is 10.1. The second kappa shape index (κ2) is 8.83. The maximum atomic E-state index is 12.9. The molecule has 0 amide bonds. The van der Waals surface area contributed by atoms with E-state index in [9.17, 15) is 9.59 Å². The lowest BCUT2D eigenvalue weighted by Crippen LogP contribution is -2.29. The number of benzene rings is 2. The van der Waals surface area contributed by atoms with Crippen molar-refractivity contribution in [3.05, 3.63) is 93.3 Å². The Hall–Kier alpha value is -3.94. The summed E-state index contributed by atoms with van der Waals surface area (Å²) >= 11 is 0. The molecule has 0 spiro atoms. The Labute approximate surface area is 179 Å². The Kier molecular flexibility index (Phi) is 5.79. The fourth-order valence-electron chi connectivity index (χ4n) is 3.43. The number of para-hydroxylation sites is 1. The summed E-state index contributed by atoms with van der Waals surface area (Å²) < 4.78 is 1.36. The number of anilines is 2. The third-order valence-corrected chi connectivity index (χ3v) is 5.21. The first-order chi connectivity index (χ1) is 15.0. The molecule has 4 rings (SSSR count). The van der Waals surface area contributed by atoms with Gasteiger partial charge in [-0.3, -0.25) is 14.6 Å². The lowest BCUT2D eigenvalue weighted by molar-refractivity contribution is 0.524. The Balaban J connectivity index is 1.52. The van der Waals surface area contributed by atoms with Gasteiger partial charge in [0.2, 0.25) is 5.95 Å². The zero-order valence-corrected chi connectivity index (χ0v) is 17.4. The number of aromatic amines is 1. The SMILES string of the molecule is C[C@@H](c1cc(=O)[nH]c(NCCN(C)c2ccccc2)n1)n1ncc2ccccc2c1=O. The second-order valence-electron chi connectivity index (χ2n) is 7.36. The van der Waals surface area contributed by atoms with Gasteiger partial charge in [-0.2, -0.15) is 5.10 Å². The Bertz CT molecular complexity index is 1300. The summed E-state index contributed by atoms with van der Waals surface area (Å²) in [4.78, 5) is 34.4. The number of aromatic nitrogens is 4. The van der Waals surface area contributed by atoms with Crippen molar-refractivity contribution in [2.75, 3.05) is 30.4 Å². The van der Waals surface area contributed by atoms with Gasteiger partial charge in [0.05, 0.1) is 23.3 Å². The smallest absolute Gasteiger partial charge is 0.275 e. The van der Waals surface area contributed by atoms with E-state index < -0.39 is 6.04 Å². The lowest BCUT2D eigenvalue weighted by atomic mass is 10.2. The van der Waals surface area contributed by atoms with E-state index in [1.54, 1.807) is 19.2 Å². The molecule has 0 saturated heterocycles. The van der Waals surface area contributed by atoms with Crippen LogP contribution in [0.3, 0.4) is 0 Å². The third-order valence-electron chi connectivity index (χ3n) is 5.21. The molecule has 8 nitrogen and oxygen atoms in total. The second-order valence-corrected chi connectivity index (χ2v) is 7.36. The van der Waals surface area contributed by atoms with Gasteiger partial charge in [-0.15, -0.1) is 0 Å². The normalized spacial score (nSPS) is 11.9. The Morgan fingerprint density at radius 3 is 2.65 bits per heavy atom. The highest BCUT2D eigenvalue weighted by Gasteiger charge is 2.16. The van der Waals surface area contributed by atoms with E-state index in [1.807, 2.05) is 55.6 Å². The first kappa shape index (κ1) is 20.3. The van der Waals surface area contributed by atoms with Crippen LogP contribution in [0, 0.1) is 0 Å². The summed E-state index contributed by atoms with van der Waals surface area (Å²) in [6, 6.07) is 18.2. The fraction of sp³-hybridized carbons (Fsp3) is 0.217. The predicted molar refractivity (Wildman–Crippen MR) is 123 cm³/mol. The summed E-state index contributed by atoms with van der Waals surface area (Å²) in [5, 5.41) is 8.80. The molecule has 2 heterocycles. The van der Waals surface area contributed by atoms with Crippen molar-refractivity contribution >= 4 is 22.4 Å². The number of H-pyrrole nitrogens is 1. The number of likely N-dealkylation sites (N-methyl/N-ethyl adjacent to an activating group) is 1. The van der Waals surface area contributed by atoms with Gasteiger partial charge in [0.15, 0.2) is 0 Å². The van der Waals surface area contributed by atoms with Gasteiger partial charge in [0.25, 0.3) is 11.1 Å². The van der Waals surface area contributed by atoms with E-state index in [2.05, 4.69) is 25.3 Å². The molecule has 2 aromatic carbocycles. The number of rotatable bonds is 7. The number of hydrogen-bond donors (Lipinski definition) is 2. The van der Waals surface area contributed by atoms with Crippen LogP contribution in [0.5, 0.6) is 0 Å².